The van der Waals surface area contributed by atoms with Crippen LogP contribution in [0, 0.1) is 0 Å². The monoisotopic (exact) mass is 216 g/mol. The van der Waals surface area contributed by atoms with Crippen molar-refractivity contribution in [2.75, 3.05) is 0 Å². The number of aromatic hydroxyl groups is 1. The molecule has 0 atom stereocenters. The molecule has 1 aromatic carbocycles. The SMILES string of the molecule is O=C(O)c1cccc(O)c1[O-].[Cu+2]. The van der Waals surface area contributed by atoms with Crippen molar-refractivity contribution in [1.29, 1.82) is 0 Å². The van der Waals surface area contributed by atoms with Crippen LogP contribution >= 0.6 is 0 Å². The third kappa shape index (κ3) is 1.90. The molecular weight excluding hydrogens is 212 g/mol. The van der Waals surface area contributed by atoms with Crippen LogP contribution in [0.1, 0.15) is 10.4 Å². The van der Waals surface area contributed by atoms with Crippen molar-refractivity contribution in [3.8, 4) is 11.5 Å². The van der Waals surface area contributed by atoms with Crippen LogP contribution in [0.5, 0.6) is 11.5 Å². The Balaban J connectivity index is 0.00000121. The fraction of sp³-hybridized carbons (Fsp3) is 0. The molecule has 4 nitrogen and oxygen atoms in total. The number of hydrogen-bond acceptors (Lipinski definition) is 3. The Bertz CT molecular complexity index is 297. The third-order valence-electron chi connectivity index (χ3n) is 1.22. The molecular formula is C7H5CuO4+. The number of phenols is 1. The van der Waals surface area contributed by atoms with E-state index in [1.807, 2.05) is 0 Å². The number of benzene rings is 1. The number of hydrogen-bond donors (Lipinski definition) is 2. The number of aromatic carboxylic acids is 1. The molecule has 0 unspecified atom stereocenters. The van der Waals surface area contributed by atoms with Gasteiger partial charge in [0.05, 0.1) is 5.56 Å². The summed E-state index contributed by atoms with van der Waals surface area (Å²) >= 11 is 0. The van der Waals surface area contributed by atoms with Gasteiger partial charge in [0.1, 0.15) is 5.75 Å². The maximum atomic E-state index is 10.8. The second kappa shape index (κ2) is 3.99. The van der Waals surface area contributed by atoms with Gasteiger partial charge in [-0.25, -0.2) is 4.79 Å². The number of carboxylic acid groups (broad SMARTS) is 1. The second-order valence-electron chi connectivity index (χ2n) is 1.96. The van der Waals surface area contributed by atoms with E-state index in [1.165, 1.54) is 6.07 Å². The Labute approximate surface area is 78.9 Å². The van der Waals surface area contributed by atoms with Crippen molar-refractivity contribution in [2.45, 2.75) is 0 Å². The van der Waals surface area contributed by atoms with E-state index >= 15 is 0 Å². The molecule has 0 spiro atoms. The largest absolute Gasteiger partial charge is 2.00 e. The first-order chi connectivity index (χ1) is 5.13. The van der Waals surface area contributed by atoms with Gasteiger partial charge in [0.25, 0.3) is 0 Å². The molecule has 0 saturated heterocycles. The molecule has 0 aliphatic carbocycles. The summed E-state index contributed by atoms with van der Waals surface area (Å²) < 4.78 is 0. The zero-order chi connectivity index (χ0) is 8.43. The predicted molar refractivity (Wildman–Crippen MR) is 34.5 cm³/mol. The minimum Gasteiger partial charge on any atom is -0.869 e. The number of para-hydroxylation sites is 1. The summed E-state index contributed by atoms with van der Waals surface area (Å²) in [5.74, 6) is -2.71. The molecule has 0 amide bonds. The maximum Gasteiger partial charge on any atom is 2.00 e. The number of rotatable bonds is 1. The summed E-state index contributed by atoms with van der Waals surface area (Å²) in [5, 5.41) is 27.9. The van der Waals surface area contributed by atoms with Crippen molar-refractivity contribution >= 4 is 5.97 Å². The van der Waals surface area contributed by atoms with Gasteiger partial charge in [0, 0.05) is 0 Å². The van der Waals surface area contributed by atoms with Gasteiger partial charge in [-0.1, -0.05) is 11.8 Å². The van der Waals surface area contributed by atoms with E-state index < -0.39 is 23.0 Å². The van der Waals surface area contributed by atoms with Crippen molar-refractivity contribution in [1.82, 2.24) is 0 Å². The van der Waals surface area contributed by atoms with E-state index in [0.717, 1.165) is 12.1 Å². The average molecular weight is 217 g/mol. The zero-order valence-corrected chi connectivity index (χ0v) is 6.69. The number of carbonyl (C=O) groups is 1. The third-order valence-corrected chi connectivity index (χ3v) is 1.22. The van der Waals surface area contributed by atoms with Crippen LogP contribution in [0.2, 0.25) is 0 Å². The van der Waals surface area contributed by atoms with Gasteiger partial charge in [-0.3, -0.25) is 0 Å². The molecule has 1 aromatic rings. The molecule has 0 heterocycles. The molecule has 5 heteroatoms. The Morgan fingerprint density at radius 2 is 2.00 bits per heavy atom. The molecule has 0 saturated carbocycles. The van der Waals surface area contributed by atoms with Gasteiger partial charge < -0.3 is 15.3 Å². The predicted octanol–water partition coefficient (Wildman–Crippen LogP) is 0.161. The normalized spacial score (nSPS) is 8.67. The Morgan fingerprint density at radius 1 is 1.42 bits per heavy atom. The van der Waals surface area contributed by atoms with Gasteiger partial charge in [-0.15, -0.1) is 0 Å². The van der Waals surface area contributed by atoms with Crippen LogP contribution < -0.4 is 5.11 Å². The molecule has 2 N–H and O–H groups in total. The number of phenolic OH excluding ortho intramolecular Hbond substituents is 1. The van der Waals surface area contributed by atoms with Crippen molar-refractivity contribution in [3.05, 3.63) is 23.8 Å². The quantitative estimate of drug-likeness (QED) is 0.656. The second-order valence-corrected chi connectivity index (χ2v) is 1.96. The first-order valence-electron chi connectivity index (χ1n) is 2.85. The van der Waals surface area contributed by atoms with E-state index in [0.29, 0.717) is 0 Å². The van der Waals surface area contributed by atoms with Gasteiger partial charge >= 0.3 is 23.0 Å². The molecule has 0 bridgehead atoms. The van der Waals surface area contributed by atoms with Crippen LogP contribution in [0.25, 0.3) is 0 Å². The van der Waals surface area contributed by atoms with E-state index in [9.17, 15) is 9.90 Å². The van der Waals surface area contributed by atoms with Crippen molar-refractivity contribution in [3.63, 3.8) is 0 Å². The zero-order valence-electron chi connectivity index (χ0n) is 5.74. The average Bonchev–Trinajstić information content (AvgIpc) is 1.94. The number of carboxylic acids is 1. The topological polar surface area (TPSA) is 80.6 Å². The summed E-state index contributed by atoms with van der Waals surface area (Å²) in [6.45, 7) is 0. The standard InChI is InChI=1S/C7H6O4.Cu/c8-5-3-1-2-4(6(5)9)7(10)11;/h1-3,8-9H,(H,10,11);/q;+2/p-1. The van der Waals surface area contributed by atoms with Crippen molar-refractivity contribution < 1.29 is 37.2 Å². The van der Waals surface area contributed by atoms with Gasteiger partial charge in [-0.2, -0.15) is 0 Å². The molecule has 12 heavy (non-hydrogen) atoms. The van der Waals surface area contributed by atoms with E-state index in [1.54, 1.807) is 0 Å². The molecule has 0 aromatic heterocycles. The Kier molecular flexibility index (Phi) is 3.60. The summed E-state index contributed by atoms with van der Waals surface area (Å²) in [7, 11) is 0. The van der Waals surface area contributed by atoms with Crippen LogP contribution in [-0.2, 0) is 17.1 Å². The molecule has 0 fully saturated rings. The minimum absolute atomic E-state index is 0. The first kappa shape index (κ1) is 10.8. The summed E-state index contributed by atoms with van der Waals surface area (Å²) in [6.07, 6.45) is 0. The van der Waals surface area contributed by atoms with Crippen LogP contribution in [-0.4, -0.2) is 16.2 Å². The molecule has 0 aliphatic heterocycles. The van der Waals surface area contributed by atoms with Gasteiger partial charge in [0.2, 0.25) is 0 Å². The maximum absolute atomic E-state index is 10.8. The van der Waals surface area contributed by atoms with Crippen LogP contribution in [0.15, 0.2) is 18.2 Å². The molecule has 1 rings (SSSR count). The Hall–Kier alpha value is -1.19. The summed E-state index contributed by atoms with van der Waals surface area (Å²) in [6, 6.07) is 3.60. The fourth-order valence-corrected chi connectivity index (χ4v) is 0.693. The summed E-state index contributed by atoms with van der Waals surface area (Å²) in [5.41, 5.74) is -0.412. The van der Waals surface area contributed by atoms with Gasteiger partial charge in [0.15, 0.2) is 0 Å². The fourth-order valence-electron chi connectivity index (χ4n) is 0.693. The van der Waals surface area contributed by atoms with Crippen LogP contribution in [0.4, 0.5) is 0 Å². The van der Waals surface area contributed by atoms with Crippen molar-refractivity contribution in [2.24, 2.45) is 0 Å². The smallest absolute Gasteiger partial charge is 0.869 e. The summed E-state index contributed by atoms with van der Waals surface area (Å²) in [4.78, 5) is 10.3. The minimum atomic E-state index is -1.33. The molecule has 1 radical (unpaired) electrons. The van der Waals surface area contributed by atoms with Gasteiger partial charge in [-0.05, 0) is 12.1 Å². The first-order valence-corrected chi connectivity index (χ1v) is 2.85. The van der Waals surface area contributed by atoms with Crippen LogP contribution in [0.3, 0.4) is 0 Å². The van der Waals surface area contributed by atoms with E-state index in [4.69, 9.17) is 10.2 Å². The van der Waals surface area contributed by atoms with E-state index in [2.05, 4.69) is 0 Å². The Morgan fingerprint density at radius 3 is 2.42 bits per heavy atom. The molecule has 67 valence electrons. The molecule has 0 aliphatic rings. The van der Waals surface area contributed by atoms with E-state index in [-0.39, 0.29) is 17.1 Å².